The van der Waals surface area contributed by atoms with Gasteiger partial charge in [-0.25, -0.2) is 4.79 Å². The summed E-state index contributed by atoms with van der Waals surface area (Å²) in [6.45, 7) is 47.2. The largest absolute Gasteiger partial charge is 0.479 e. The normalized spacial score (nSPS) is 15.9. The molecular formula is C27H72O11Si10. The molecule has 0 saturated carbocycles. The van der Waals surface area contributed by atoms with E-state index in [1.54, 1.807) is 0 Å². The maximum atomic E-state index is 12.9. The molecule has 0 aromatic carbocycles. The minimum absolute atomic E-state index is 0.00901. The Balaban J connectivity index is 7.53. The van der Waals surface area contributed by atoms with Crippen LogP contribution >= 0.6 is 0 Å². The van der Waals surface area contributed by atoms with Crippen molar-refractivity contribution >= 4 is 92.5 Å². The molecule has 11 nitrogen and oxygen atoms in total. The van der Waals surface area contributed by atoms with Crippen LogP contribution in [0.3, 0.4) is 0 Å². The zero-order valence-corrected chi connectivity index (χ0v) is 45.6. The summed E-state index contributed by atoms with van der Waals surface area (Å²) in [5, 5.41) is 0. The maximum absolute atomic E-state index is 12.9. The molecule has 0 N–H and O–H groups in total. The molecule has 0 radical (unpaired) electrons. The summed E-state index contributed by atoms with van der Waals surface area (Å²) < 4.78 is 67.4. The second-order valence-electron chi connectivity index (χ2n) is 18.6. The van der Waals surface area contributed by atoms with E-state index in [0.717, 1.165) is 6.08 Å². The lowest BCUT2D eigenvalue weighted by atomic mass is 10.4. The highest BCUT2D eigenvalue weighted by atomic mass is 28.5. The lowest BCUT2D eigenvalue weighted by molar-refractivity contribution is -0.186. The third kappa shape index (κ3) is 23.6. The van der Waals surface area contributed by atoms with Crippen molar-refractivity contribution in [3.63, 3.8) is 0 Å². The molecule has 0 heterocycles. The number of carbonyl (C=O) groups is 1. The number of hydrogen-bond donors (Lipinski definition) is 0. The average Bonchev–Trinajstić information content (AvgIpc) is 2.62. The smallest absolute Gasteiger partial charge is 0.433 e. The summed E-state index contributed by atoms with van der Waals surface area (Å²) >= 11 is 0. The Morgan fingerprint density at radius 3 is 1.02 bits per heavy atom. The van der Waals surface area contributed by atoms with Gasteiger partial charge in [0.25, 0.3) is 0 Å². The topological polar surface area (TPSA) is 109 Å². The van der Waals surface area contributed by atoms with Crippen LogP contribution in [0.1, 0.15) is 6.42 Å². The van der Waals surface area contributed by atoms with Crippen molar-refractivity contribution in [1.82, 2.24) is 0 Å². The number of hydrogen-bond acceptors (Lipinski definition) is 11. The molecule has 21 heteroatoms. The van der Waals surface area contributed by atoms with Crippen molar-refractivity contribution in [1.29, 1.82) is 0 Å². The van der Waals surface area contributed by atoms with Gasteiger partial charge in [0, 0.05) is 25.7 Å². The molecule has 0 aliphatic rings. The lowest BCUT2D eigenvalue weighted by Gasteiger charge is -2.48. The van der Waals surface area contributed by atoms with Gasteiger partial charge in [0.1, 0.15) is 5.41 Å². The van der Waals surface area contributed by atoms with Crippen LogP contribution < -0.4 is 0 Å². The highest BCUT2D eigenvalue weighted by Crippen LogP contribution is 2.35. The predicted molar refractivity (Wildman–Crippen MR) is 222 cm³/mol. The van der Waals surface area contributed by atoms with Crippen LogP contribution in [0.25, 0.3) is 0 Å². The van der Waals surface area contributed by atoms with Gasteiger partial charge in [-0.05, 0) is 118 Å². The van der Waals surface area contributed by atoms with Gasteiger partial charge in [0.15, 0.2) is 49.9 Å². The predicted octanol–water partition coefficient (Wildman–Crippen LogP) is 7.32. The van der Waals surface area contributed by atoms with Gasteiger partial charge in [-0.3, -0.25) is 0 Å². The van der Waals surface area contributed by atoms with E-state index in [-0.39, 0.29) is 6.42 Å². The average molecular weight is 854 g/mol. The summed E-state index contributed by atoms with van der Waals surface area (Å²) in [6.07, 6.45) is -0.0512. The highest BCUT2D eigenvalue weighted by molar-refractivity contribution is 6.87. The minimum atomic E-state index is -3.41. The second kappa shape index (κ2) is 17.0. The van der Waals surface area contributed by atoms with E-state index in [1.807, 2.05) is 19.6 Å². The zero-order chi connectivity index (χ0) is 38.6. The SMILES string of the molecule is C=CC(=O)OC(CC([SiH3])(O[Si](C)(O[Si](C)(C)C)O[Si](C)(C)C)O[Si](C)(O[Si](C)(C)C)O[Si](C)(C)C)O[Si](C)(O[Si](C)(C)C)O[Si](C)(C)C. The summed E-state index contributed by atoms with van der Waals surface area (Å²) in [5.74, 6) is -0.644. The van der Waals surface area contributed by atoms with Crippen LogP contribution in [0, 0.1) is 0 Å². The summed E-state index contributed by atoms with van der Waals surface area (Å²) in [6, 6.07) is 0. The molecule has 0 aliphatic heterocycles. The van der Waals surface area contributed by atoms with Crippen LogP contribution in [0.4, 0.5) is 0 Å². The monoisotopic (exact) mass is 852 g/mol. The van der Waals surface area contributed by atoms with Crippen LogP contribution in [-0.4, -0.2) is 104 Å². The first kappa shape index (κ1) is 49.0. The van der Waals surface area contributed by atoms with E-state index in [2.05, 4.69) is 124 Å². The van der Waals surface area contributed by atoms with Crippen LogP contribution in [0.15, 0.2) is 12.7 Å². The molecule has 1 unspecified atom stereocenters. The molecule has 0 saturated heterocycles. The first-order chi connectivity index (χ1) is 20.7. The molecule has 0 aliphatic carbocycles. The second-order valence-corrected chi connectivity index (χ2v) is 56.2. The number of carbonyl (C=O) groups excluding carboxylic acids is 1. The van der Waals surface area contributed by atoms with Gasteiger partial charge in [0.05, 0.1) is 16.7 Å². The lowest BCUT2D eigenvalue weighted by Crippen LogP contribution is -2.65. The van der Waals surface area contributed by atoms with Crippen molar-refractivity contribution in [2.75, 3.05) is 0 Å². The van der Waals surface area contributed by atoms with Crippen molar-refractivity contribution < 1.29 is 47.5 Å². The quantitative estimate of drug-likeness (QED) is 0.0474. The number of esters is 1. The molecule has 0 aromatic heterocycles. The van der Waals surface area contributed by atoms with Crippen LogP contribution in [-0.2, 0) is 47.5 Å². The number of ether oxygens (including phenoxy) is 1. The van der Waals surface area contributed by atoms with Gasteiger partial charge >= 0.3 is 32.4 Å². The Hall–Kier alpha value is 1.02. The Morgan fingerprint density at radius 2 is 0.792 bits per heavy atom. The molecule has 286 valence electrons. The Bertz CT molecular complexity index is 964. The highest BCUT2D eigenvalue weighted by Gasteiger charge is 2.55. The maximum Gasteiger partial charge on any atom is 0.479 e. The Labute approximate surface area is 306 Å². The first-order valence-electron chi connectivity index (χ1n) is 16.8. The Morgan fingerprint density at radius 1 is 0.542 bits per heavy atom. The molecule has 0 aromatic rings. The molecule has 0 bridgehead atoms. The Kier molecular flexibility index (Phi) is 17.4. The van der Waals surface area contributed by atoms with Gasteiger partial charge in [-0.15, -0.1) is 0 Å². The van der Waals surface area contributed by atoms with Gasteiger partial charge in [0.2, 0.25) is 6.29 Å². The van der Waals surface area contributed by atoms with Crippen molar-refractivity contribution in [3.8, 4) is 0 Å². The van der Waals surface area contributed by atoms with Crippen molar-refractivity contribution in [3.05, 3.63) is 12.7 Å². The summed E-state index contributed by atoms with van der Waals surface area (Å²) in [7, 11) is -23.0. The molecule has 0 fully saturated rings. The fourth-order valence-corrected chi connectivity index (χ4v) is 39.7. The van der Waals surface area contributed by atoms with Crippen molar-refractivity contribution in [2.45, 2.75) is 156 Å². The van der Waals surface area contributed by atoms with E-state index in [1.165, 1.54) is 0 Å². The van der Waals surface area contributed by atoms with Gasteiger partial charge < -0.3 is 42.7 Å². The third-order valence-electron chi connectivity index (χ3n) is 5.05. The van der Waals surface area contributed by atoms with E-state index >= 15 is 0 Å². The van der Waals surface area contributed by atoms with E-state index in [0.29, 0.717) is 10.2 Å². The van der Waals surface area contributed by atoms with E-state index in [4.69, 9.17) is 42.7 Å². The molecule has 48 heavy (non-hydrogen) atoms. The fraction of sp³-hybridized carbons (Fsp3) is 0.889. The molecular weight excluding hydrogens is 781 g/mol. The van der Waals surface area contributed by atoms with E-state index < -0.39 is 94.0 Å². The molecule has 0 amide bonds. The standard InChI is InChI=1S/C27H72O11Si10/c1-23-25(28)29-26(30-46(20,33-40(2,3)4)34-41(5,6)7)24-27(39,31-47(21,35-42(8,9)10)36-43(11,12)13)32-48(22,37-44(14,15)16)38-45(17,18)19/h23,26H,1,24H2,2-22,39H3. The number of rotatable bonds is 22. The first-order valence-corrected chi connectivity index (χ1v) is 44.9. The van der Waals surface area contributed by atoms with E-state index in [9.17, 15) is 4.79 Å². The molecule has 0 rings (SSSR count). The van der Waals surface area contributed by atoms with Gasteiger partial charge in [-0.2, -0.15) is 0 Å². The van der Waals surface area contributed by atoms with Gasteiger partial charge in [-0.1, -0.05) is 6.58 Å². The minimum Gasteiger partial charge on any atom is -0.433 e. The van der Waals surface area contributed by atoms with Crippen LogP contribution in [0.2, 0.25) is 137 Å². The third-order valence-corrected chi connectivity index (χ3v) is 32.6. The zero-order valence-electron chi connectivity index (χ0n) is 34.6. The molecule has 0 spiro atoms. The summed E-state index contributed by atoms with van der Waals surface area (Å²) in [4.78, 5) is 12.9. The fourth-order valence-electron chi connectivity index (χ4n) is 5.25. The van der Waals surface area contributed by atoms with Crippen molar-refractivity contribution in [2.24, 2.45) is 0 Å². The summed E-state index contributed by atoms with van der Waals surface area (Å²) in [5.41, 5.74) is -1.37. The molecule has 1 atom stereocenters. The van der Waals surface area contributed by atoms with Crippen LogP contribution in [0.5, 0.6) is 0 Å².